The number of carbonyl (C=O) groups is 1. The number of nitrogens with zero attached hydrogens (tertiary/aromatic N) is 4. The van der Waals surface area contributed by atoms with Crippen LogP contribution in [0, 0.1) is 5.92 Å². The number of hydrogen-bond donors (Lipinski definition) is 1. The number of piperidine rings is 1. The molecule has 0 bridgehead atoms. The van der Waals surface area contributed by atoms with Crippen LogP contribution >= 0.6 is 24.8 Å². The Bertz CT molecular complexity index is 422. The van der Waals surface area contributed by atoms with E-state index in [1.165, 1.54) is 6.42 Å². The lowest BCUT2D eigenvalue weighted by molar-refractivity contribution is -0.135. The van der Waals surface area contributed by atoms with Crippen molar-refractivity contribution in [1.29, 1.82) is 0 Å². The zero-order valence-electron chi connectivity index (χ0n) is 12.0. The first-order valence-electron chi connectivity index (χ1n) is 7.17. The van der Waals surface area contributed by atoms with E-state index >= 15 is 0 Å². The molecule has 21 heavy (non-hydrogen) atoms. The van der Waals surface area contributed by atoms with Crippen LogP contribution in [0.2, 0.25) is 0 Å². The van der Waals surface area contributed by atoms with Crippen LogP contribution in [0.1, 0.15) is 25.7 Å². The summed E-state index contributed by atoms with van der Waals surface area (Å²) in [6, 6.07) is 0.0603. The maximum Gasteiger partial charge on any atom is 0.239 e. The third-order valence-electron chi connectivity index (χ3n) is 4.10. The minimum absolute atomic E-state index is 0. The van der Waals surface area contributed by atoms with Gasteiger partial charge in [0.15, 0.2) is 0 Å². The van der Waals surface area contributed by atoms with Crippen molar-refractivity contribution in [1.82, 2.24) is 25.0 Å². The standard InChI is InChI=1S/C13H21N5O.2ClH/c19-13(12-4-1-5-15-12)17-6-2-3-11(7-17)8-18-10-14-9-16-18;;/h9-12,15H,1-8H2;2*1H/t11?,12-;;/m0../s1. The van der Waals surface area contributed by atoms with Crippen LogP contribution in [0.4, 0.5) is 0 Å². The highest BCUT2D eigenvalue weighted by Crippen LogP contribution is 2.20. The molecule has 2 saturated heterocycles. The first-order valence-corrected chi connectivity index (χ1v) is 7.17. The maximum absolute atomic E-state index is 12.4. The fourth-order valence-corrected chi connectivity index (χ4v) is 3.12. The summed E-state index contributed by atoms with van der Waals surface area (Å²) in [6.45, 7) is 3.61. The van der Waals surface area contributed by atoms with Crippen molar-refractivity contribution in [3.63, 3.8) is 0 Å². The molecule has 120 valence electrons. The van der Waals surface area contributed by atoms with Crippen LogP contribution in [0.15, 0.2) is 12.7 Å². The Morgan fingerprint density at radius 2 is 2.14 bits per heavy atom. The van der Waals surface area contributed by atoms with Gasteiger partial charge in [0.1, 0.15) is 12.7 Å². The lowest BCUT2D eigenvalue weighted by Crippen LogP contribution is -2.48. The number of halogens is 2. The van der Waals surface area contributed by atoms with Crippen molar-refractivity contribution < 1.29 is 4.79 Å². The normalized spacial score (nSPS) is 25.0. The fraction of sp³-hybridized carbons (Fsp3) is 0.769. The molecule has 0 radical (unpaired) electrons. The van der Waals surface area contributed by atoms with E-state index in [4.69, 9.17) is 0 Å². The SMILES string of the molecule is Cl.Cl.O=C([C@@H]1CCCN1)N1CCCC(Cn2cncn2)C1. The molecule has 2 fully saturated rings. The second-order valence-electron chi connectivity index (χ2n) is 5.56. The van der Waals surface area contributed by atoms with Crippen molar-refractivity contribution in [3.05, 3.63) is 12.7 Å². The predicted octanol–water partition coefficient (Wildman–Crippen LogP) is 1.11. The van der Waals surface area contributed by atoms with Gasteiger partial charge in [0.25, 0.3) is 0 Å². The monoisotopic (exact) mass is 335 g/mol. The van der Waals surface area contributed by atoms with Crippen molar-refractivity contribution >= 4 is 30.7 Å². The molecule has 2 atom stereocenters. The second-order valence-corrected chi connectivity index (χ2v) is 5.56. The molecule has 1 N–H and O–H groups in total. The van der Waals surface area contributed by atoms with Gasteiger partial charge >= 0.3 is 0 Å². The van der Waals surface area contributed by atoms with Gasteiger partial charge in [-0.15, -0.1) is 24.8 Å². The third kappa shape index (κ3) is 4.56. The average molecular weight is 336 g/mol. The first-order chi connectivity index (χ1) is 9.33. The summed E-state index contributed by atoms with van der Waals surface area (Å²) in [6.07, 6.45) is 7.68. The van der Waals surface area contributed by atoms with Crippen molar-refractivity contribution in [2.45, 2.75) is 38.3 Å². The van der Waals surface area contributed by atoms with Crippen LogP contribution in [0.3, 0.4) is 0 Å². The Morgan fingerprint density at radius 1 is 1.29 bits per heavy atom. The van der Waals surface area contributed by atoms with Gasteiger partial charge in [0.2, 0.25) is 5.91 Å². The smallest absolute Gasteiger partial charge is 0.239 e. The Labute approximate surface area is 137 Å². The average Bonchev–Trinajstić information content (AvgIpc) is 3.11. The van der Waals surface area contributed by atoms with Gasteiger partial charge in [-0.05, 0) is 38.1 Å². The zero-order valence-corrected chi connectivity index (χ0v) is 13.6. The lowest BCUT2D eigenvalue weighted by Gasteiger charge is -2.34. The van der Waals surface area contributed by atoms with E-state index in [1.54, 1.807) is 12.7 Å². The Balaban J connectivity index is 0.00000110. The molecular formula is C13H23Cl2N5O. The van der Waals surface area contributed by atoms with Gasteiger partial charge in [-0.2, -0.15) is 5.10 Å². The van der Waals surface area contributed by atoms with Crippen molar-refractivity contribution in [2.24, 2.45) is 5.92 Å². The number of likely N-dealkylation sites (tertiary alicyclic amines) is 1. The van der Waals surface area contributed by atoms with Gasteiger partial charge < -0.3 is 10.2 Å². The summed E-state index contributed by atoms with van der Waals surface area (Å²) in [5, 5.41) is 7.44. The molecular weight excluding hydrogens is 313 g/mol. The highest BCUT2D eigenvalue weighted by molar-refractivity contribution is 5.85. The summed E-state index contributed by atoms with van der Waals surface area (Å²) in [7, 11) is 0. The number of nitrogens with one attached hydrogen (secondary N) is 1. The molecule has 3 rings (SSSR count). The molecule has 3 heterocycles. The molecule has 2 aliphatic heterocycles. The van der Waals surface area contributed by atoms with Crippen molar-refractivity contribution in [3.8, 4) is 0 Å². The minimum Gasteiger partial charge on any atom is -0.341 e. The van der Waals surface area contributed by atoms with Gasteiger partial charge in [0.05, 0.1) is 6.04 Å². The van der Waals surface area contributed by atoms with E-state index in [0.29, 0.717) is 11.8 Å². The Hall–Kier alpha value is -0.850. The van der Waals surface area contributed by atoms with E-state index in [0.717, 1.165) is 45.4 Å². The summed E-state index contributed by atoms with van der Waals surface area (Å²) < 4.78 is 1.87. The number of rotatable bonds is 3. The largest absolute Gasteiger partial charge is 0.341 e. The van der Waals surface area contributed by atoms with Gasteiger partial charge in [-0.3, -0.25) is 9.48 Å². The Kier molecular flexibility index (Phi) is 7.42. The van der Waals surface area contributed by atoms with Crippen molar-refractivity contribution in [2.75, 3.05) is 19.6 Å². The van der Waals surface area contributed by atoms with Crippen LogP contribution in [-0.4, -0.2) is 51.2 Å². The number of carbonyl (C=O) groups excluding carboxylic acids is 1. The molecule has 1 aromatic rings. The second kappa shape index (κ2) is 8.56. The fourth-order valence-electron chi connectivity index (χ4n) is 3.12. The number of amides is 1. The Morgan fingerprint density at radius 3 is 2.81 bits per heavy atom. The summed E-state index contributed by atoms with van der Waals surface area (Å²) in [5.41, 5.74) is 0. The maximum atomic E-state index is 12.4. The molecule has 0 aromatic carbocycles. The number of aromatic nitrogens is 3. The third-order valence-corrected chi connectivity index (χ3v) is 4.10. The summed E-state index contributed by atoms with van der Waals surface area (Å²) >= 11 is 0. The van der Waals surface area contributed by atoms with Gasteiger partial charge in [-0.1, -0.05) is 0 Å². The molecule has 1 amide bonds. The molecule has 1 aromatic heterocycles. The zero-order chi connectivity index (χ0) is 13.1. The quantitative estimate of drug-likeness (QED) is 0.898. The molecule has 0 saturated carbocycles. The summed E-state index contributed by atoms with van der Waals surface area (Å²) in [5.74, 6) is 0.793. The van der Waals surface area contributed by atoms with E-state index in [2.05, 4.69) is 15.4 Å². The van der Waals surface area contributed by atoms with Crippen LogP contribution in [0.25, 0.3) is 0 Å². The van der Waals surface area contributed by atoms with E-state index in [1.807, 2.05) is 9.58 Å². The molecule has 0 spiro atoms. The first kappa shape index (κ1) is 18.2. The number of hydrogen-bond acceptors (Lipinski definition) is 4. The molecule has 0 aliphatic carbocycles. The molecule has 2 aliphatic rings. The molecule has 6 nitrogen and oxygen atoms in total. The van der Waals surface area contributed by atoms with E-state index in [-0.39, 0.29) is 30.9 Å². The highest BCUT2D eigenvalue weighted by Gasteiger charge is 2.30. The van der Waals surface area contributed by atoms with Gasteiger partial charge in [0, 0.05) is 19.6 Å². The van der Waals surface area contributed by atoms with E-state index in [9.17, 15) is 4.79 Å². The van der Waals surface area contributed by atoms with E-state index < -0.39 is 0 Å². The predicted molar refractivity (Wildman–Crippen MR) is 84.8 cm³/mol. The highest BCUT2D eigenvalue weighted by atomic mass is 35.5. The van der Waals surface area contributed by atoms with Gasteiger partial charge in [-0.25, -0.2) is 4.98 Å². The van der Waals surface area contributed by atoms with Crippen LogP contribution < -0.4 is 5.32 Å². The summed E-state index contributed by atoms with van der Waals surface area (Å²) in [4.78, 5) is 18.4. The topological polar surface area (TPSA) is 63.1 Å². The minimum atomic E-state index is 0. The molecule has 1 unspecified atom stereocenters. The molecule has 8 heteroatoms. The lowest BCUT2D eigenvalue weighted by atomic mass is 9.97. The van der Waals surface area contributed by atoms with Crippen LogP contribution in [-0.2, 0) is 11.3 Å². The van der Waals surface area contributed by atoms with Crippen LogP contribution in [0.5, 0.6) is 0 Å².